The molecule has 1 heterocycles. The molecule has 122 valence electrons. The molecule has 1 fully saturated rings. The molecule has 1 saturated carbocycles. The Labute approximate surface area is 137 Å². The molecule has 0 unspecified atom stereocenters. The first-order chi connectivity index (χ1) is 11.2. The van der Waals surface area contributed by atoms with Crippen molar-refractivity contribution in [2.45, 2.75) is 50.7 Å². The van der Waals surface area contributed by atoms with Gasteiger partial charge in [-0.2, -0.15) is 0 Å². The molecule has 3 rings (SSSR count). The molecule has 4 heteroatoms. The monoisotopic (exact) mass is 313 g/mol. The standard InChI is InChI=1S/C19H24N2O2/c1-14(19(22)21-16-10-5-6-11-16)20-18(17-12-7-13-23-17)15-8-3-2-4-9-15/h2-4,7-9,12-14,16,18,20H,5-6,10-11H2,1H3,(H,21,22)/p+1/t14-,18+/m1/s1. The zero-order chi connectivity index (χ0) is 16.1. The minimum absolute atomic E-state index is 0.00414. The molecule has 0 radical (unpaired) electrons. The number of furan rings is 1. The number of hydrogen-bond donors (Lipinski definition) is 2. The lowest BCUT2D eigenvalue weighted by Gasteiger charge is -2.20. The van der Waals surface area contributed by atoms with Crippen molar-refractivity contribution in [1.82, 2.24) is 5.32 Å². The second kappa shape index (κ2) is 7.47. The van der Waals surface area contributed by atoms with Crippen molar-refractivity contribution in [2.75, 3.05) is 0 Å². The number of benzene rings is 1. The van der Waals surface area contributed by atoms with Crippen LogP contribution in [0.1, 0.15) is 50.0 Å². The smallest absolute Gasteiger partial charge is 0.278 e. The van der Waals surface area contributed by atoms with Crippen molar-refractivity contribution in [3.05, 3.63) is 60.1 Å². The summed E-state index contributed by atoms with van der Waals surface area (Å²) in [7, 11) is 0. The largest absolute Gasteiger partial charge is 0.463 e. The van der Waals surface area contributed by atoms with Crippen LogP contribution in [0.5, 0.6) is 0 Å². The number of carbonyl (C=O) groups excluding carboxylic acids is 1. The Kier molecular flexibility index (Phi) is 5.13. The summed E-state index contributed by atoms with van der Waals surface area (Å²) in [4.78, 5) is 12.5. The van der Waals surface area contributed by atoms with E-state index >= 15 is 0 Å². The number of quaternary nitrogens is 1. The molecular weight excluding hydrogens is 288 g/mol. The molecule has 2 aromatic rings. The zero-order valence-electron chi connectivity index (χ0n) is 13.6. The minimum Gasteiger partial charge on any atom is -0.463 e. The summed E-state index contributed by atoms with van der Waals surface area (Å²) in [5.41, 5.74) is 1.14. The van der Waals surface area contributed by atoms with Gasteiger partial charge in [-0.05, 0) is 31.9 Å². The number of carbonyl (C=O) groups is 1. The van der Waals surface area contributed by atoms with Crippen LogP contribution in [0.3, 0.4) is 0 Å². The van der Waals surface area contributed by atoms with E-state index in [0.717, 1.165) is 24.2 Å². The van der Waals surface area contributed by atoms with E-state index < -0.39 is 0 Å². The van der Waals surface area contributed by atoms with Crippen molar-refractivity contribution >= 4 is 5.91 Å². The second-order valence-corrected chi connectivity index (χ2v) is 6.37. The fourth-order valence-electron chi connectivity index (χ4n) is 3.28. The van der Waals surface area contributed by atoms with Crippen LogP contribution in [0, 0.1) is 0 Å². The normalized spacial score (nSPS) is 17.8. The fraction of sp³-hybridized carbons (Fsp3) is 0.421. The Morgan fingerprint density at radius 1 is 1.17 bits per heavy atom. The lowest BCUT2D eigenvalue weighted by atomic mass is 10.0. The molecule has 0 bridgehead atoms. The number of nitrogens with two attached hydrogens (primary N) is 1. The van der Waals surface area contributed by atoms with Crippen LogP contribution in [-0.4, -0.2) is 18.0 Å². The summed E-state index contributed by atoms with van der Waals surface area (Å²) >= 11 is 0. The summed E-state index contributed by atoms with van der Waals surface area (Å²) in [6, 6.07) is 14.2. The van der Waals surface area contributed by atoms with Crippen molar-refractivity contribution in [3.63, 3.8) is 0 Å². The summed E-state index contributed by atoms with van der Waals surface area (Å²) in [6.07, 6.45) is 6.35. The predicted molar refractivity (Wildman–Crippen MR) is 88.8 cm³/mol. The Morgan fingerprint density at radius 3 is 2.57 bits per heavy atom. The van der Waals surface area contributed by atoms with Gasteiger partial charge in [0.15, 0.2) is 17.8 Å². The van der Waals surface area contributed by atoms with Crippen molar-refractivity contribution in [3.8, 4) is 0 Å². The van der Waals surface area contributed by atoms with Crippen LogP contribution < -0.4 is 10.6 Å². The van der Waals surface area contributed by atoms with Gasteiger partial charge in [0, 0.05) is 11.6 Å². The van der Waals surface area contributed by atoms with Crippen molar-refractivity contribution < 1.29 is 14.5 Å². The highest BCUT2D eigenvalue weighted by Crippen LogP contribution is 2.19. The van der Waals surface area contributed by atoms with Crippen LogP contribution in [0.2, 0.25) is 0 Å². The molecule has 4 nitrogen and oxygen atoms in total. The molecule has 1 aromatic heterocycles. The Morgan fingerprint density at radius 2 is 1.91 bits per heavy atom. The highest BCUT2D eigenvalue weighted by Gasteiger charge is 2.28. The van der Waals surface area contributed by atoms with Gasteiger partial charge in [-0.1, -0.05) is 43.2 Å². The predicted octanol–water partition coefficient (Wildman–Crippen LogP) is 2.38. The van der Waals surface area contributed by atoms with E-state index in [-0.39, 0.29) is 18.0 Å². The molecule has 3 N–H and O–H groups in total. The second-order valence-electron chi connectivity index (χ2n) is 6.37. The van der Waals surface area contributed by atoms with Crippen molar-refractivity contribution in [2.24, 2.45) is 0 Å². The number of hydrogen-bond acceptors (Lipinski definition) is 2. The molecule has 1 aromatic carbocycles. The molecule has 1 aliphatic carbocycles. The minimum atomic E-state index is -0.161. The van der Waals surface area contributed by atoms with E-state index in [4.69, 9.17) is 4.42 Å². The number of amides is 1. The third-order valence-corrected chi connectivity index (χ3v) is 4.60. The molecule has 1 aliphatic rings. The third-order valence-electron chi connectivity index (χ3n) is 4.60. The van der Waals surface area contributed by atoms with Gasteiger partial charge in [0.2, 0.25) is 0 Å². The maximum Gasteiger partial charge on any atom is 0.278 e. The average Bonchev–Trinajstić information content (AvgIpc) is 3.26. The fourth-order valence-corrected chi connectivity index (χ4v) is 3.28. The van der Waals surface area contributed by atoms with Gasteiger partial charge in [0.05, 0.1) is 6.26 Å². The van der Waals surface area contributed by atoms with E-state index in [1.54, 1.807) is 6.26 Å². The quantitative estimate of drug-likeness (QED) is 0.860. The van der Waals surface area contributed by atoms with Crippen molar-refractivity contribution in [1.29, 1.82) is 0 Å². The Hall–Kier alpha value is -2.07. The Bertz CT molecular complexity index is 604. The Balaban J connectivity index is 1.69. The average molecular weight is 313 g/mol. The lowest BCUT2D eigenvalue weighted by Crippen LogP contribution is -2.92. The molecule has 0 spiro atoms. The highest BCUT2D eigenvalue weighted by atomic mass is 16.3. The first-order valence-electron chi connectivity index (χ1n) is 8.48. The van der Waals surface area contributed by atoms with Gasteiger partial charge in [0.1, 0.15) is 0 Å². The maximum absolute atomic E-state index is 12.5. The molecular formula is C19H25N2O2+. The summed E-state index contributed by atoms with van der Waals surface area (Å²) < 4.78 is 5.60. The van der Waals surface area contributed by atoms with E-state index in [0.29, 0.717) is 6.04 Å². The van der Waals surface area contributed by atoms with Crippen LogP contribution in [-0.2, 0) is 4.79 Å². The van der Waals surface area contributed by atoms with Gasteiger partial charge < -0.3 is 15.1 Å². The van der Waals surface area contributed by atoms with Gasteiger partial charge in [-0.3, -0.25) is 4.79 Å². The molecule has 23 heavy (non-hydrogen) atoms. The molecule has 1 amide bonds. The summed E-state index contributed by atoms with van der Waals surface area (Å²) in [5, 5.41) is 5.26. The molecule has 0 aliphatic heterocycles. The zero-order valence-corrected chi connectivity index (χ0v) is 13.6. The van der Waals surface area contributed by atoms with Gasteiger partial charge >= 0.3 is 0 Å². The van der Waals surface area contributed by atoms with E-state index in [1.165, 1.54) is 12.8 Å². The van der Waals surface area contributed by atoms with Crippen LogP contribution in [0.15, 0.2) is 53.1 Å². The van der Waals surface area contributed by atoms with Gasteiger partial charge in [0.25, 0.3) is 5.91 Å². The van der Waals surface area contributed by atoms with Crippen LogP contribution in [0.25, 0.3) is 0 Å². The number of nitrogens with one attached hydrogen (secondary N) is 1. The maximum atomic E-state index is 12.5. The molecule has 0 saturated heterocycles. The van der Waals surface area contributed by atoms with Gasteiger partial charge in [-0.25, -0.2) is 0 Å². The topological polar surface area (TPSA) is 58.9 Å². The van der Waals surface area contributed by atoms with Gasteiger partial charge in [-0.15, -0.1) is 0 Å². The first-order valence-corrected chi connectivity index (χ1v) is 8.48. The lowest BCUT2D eigenvalue weighted by molar-refractivity contribution is -0.706. The third kappa shape index (κ3) is 4.02. The SMILES string of the molecule is C[C@@H]([NH2+][C@@H](c1ccccc1)c1ccco1)C(=O)NC1CCCC1. The number of rotatable bonds is 6. The highest BCUT2D eigenvalue weighted by molar-refractivity contribution is 5.80. The van der Waals surface area contributed by atoms with Crippen LogP contribution in [0.4, 0.5) is 0 Å². The first kappa shape index (κ1) is 15.8. The summed E-state index contributed by atoms with van der Waals surface area (Å²) in [5.74, 6) is 0.987. The van der Waals surface area contributed by atoms with Crippen LogP contribution >= 0.6 is 0 Å². The van der Waals surface area contributed by atoms with E-state index in [9.17, 15) is 4.79 Å². The molecule has 2 atom stereocenters. The van der Waals surface area contributed by atoms with E-state index in [2.05, 4.69) is 22.8 Å². The van der Waals surface area contributed by atoms with E-state index in [1.807, 2.05) is 37.3 Å². The summed E-state index contributed by atoms with van der Waals surface area (Å²) in [6.45, 7) is 1.96.